The van der Waals surface area contributed by atoms with Gasteiger partial charge in [-0.2, -0.15) is 0 Å². The molecular formula is C21H23N3O5. The topological polar surface area (TPSA) is 94.7 Å². The number of benzene rings is 1. The van der Waals surface area contributed by atoms with Gasteiger partial charge in [0.05, 0.1) is 12.0 Å². The van der Waals surface area contributed by atoms with Crippen molar-refractivity contribution >= 4 is 11.6 Å². The number of aromatic nitrogens is 1. The lowest BCUT2D eigenvalue weighted by Gasteiger charge is -2.42. The SMILES string of the molecule is COc1ccc(CCC(=O)N2C[C@H]3C[C@H](C2)c2ccc([N+](=O)[O-])c(=O)n2C3)cc1. The molecule has 2 atom stereocenters. The molecule has 1 aromatic carbocycles. The van der Waals surface area contributed by atoms with Crippen molar-refractivity contribution in [3.05, 3.63) is 68.1 Å². The van der Waals surface area contributed by atoms with Gasteiger partial charge < -0.3 is 14.2 Å². The van der Waals surface area contributed by atoms with Crippen LogP contribution >= 0.6 is 0 Å². The molecule has 2 aliphatic heterocycles. The maximum absolute atomic E-state index is 12.8. The van der Waals surface area contributed by atoms with Crippen molar-refractivity contribution in [3.63, 3.8) is 0 Å². The molecule has 3 heterocycles. The second-order valence-corrected chi connectivity index (χ2v) is 7.76. The first-order valence-electron chi connectivity index (χ1n) is 9.75. The molecule has 0 unspecified atom stereocenters. The molecule has 8 nitrogen and oxygen atoms in total. The Labute approximate surface area is 167 Å². The number of amides is 1. The molecule has 1 saturated heterocycles. The van der Waals surface area contributed by atoms with E-state index in [0.29, 0.717) is 32.5 Å². The Morgan fingerprint density at radius 1 is 1.17 bits per heavy atom. The van der Waals surface area contributed by atoms with E-state index in [4.69, 9.17) is 4.74 Å². The highest BCUT2D eigenvalue weighted by Gasteiger charge is 2.37. The van der Waals surface area contributed by atoms with E-state index < -0.39 is 10.5 Å². The number of likely N-dealkylation sites (tertiary alicyclic amines) is 1. The summed E-state index contributed by atoms with van der Waals surface area (Å²) in [5.41, 5.74) is 0.952. The Bertz CT molecular complexity index is 998. The lowest BCUT2D eigenvalue weighted by Crippen LogP contribution is -2.49. The van der Waals surface area contributed by atoms with E-state index in [1.165, 1.54) is 10.6 Å². The monoisotopic (exact) mass is 397 g/mol. The molecule has 8 heteroatoms. The van der Waals surface area contributed by atoms with Crippen LogP contribution in [0.2, 0.25) is 0 Å². The van der Waals surface area contributed by atoms with Gasteiger partial charge in [0, 0.05) is 43.7 Å². The van der Waals surface area contributed by atoms with E-state index in [1.807, 2.05) is 29.2 Å². The minimum Gasteiger partial charge on any atom is -0.497 e. The average molecular weight is 397 g/mol. The molecule has 2 bridgehead atoms. The maximum atomic E-state index is 12.8. The summed E-state index contributed by atoms with van der Waals surface area (Å²) in [7, 11) is 1.62. The number of pyridine rings is 1. The molecule has 1 amide bonds. The molecule has 152 valence electrons. The summed E-state index contributed by atoms with van der Waals surface area (Å²) in [5.74, 6) is 1.08. The first-order valence-corrected chi connectivity index (χ1v) is 9.75. The van der Waals surface area contributed by atoms with Crippen molar-refractivity contribution in [2.24, 2.45) is 5.92 Å². The van der Waals surface area contributed by atoms with Gasteiger partial charge in [-0.25, -0.2) is 0 Å². The number of nitrogens with zero attached hydrogens (tertiary/aromatic N) is 3. The van der Waals surface area contributed by atoms with E-state index in [1.54, 1.807) is 13.2 Å². The van der Waals surface area contributed by atoms with E-state index >= 15 is 0 Å². The van der Waals surface area contributed by atoms with Crippen LogP contribution in [0.1, 0.15) is 30.0 Å². The normalized spacial score (nSPS) is 20.1. The summed E-state index contributed by atoms with van der Waals surface area (Å²) in [6, 6.07) is 10.7. The van der Waals surface area contributed by atoms with Gasteiger partial charge in [-0.05, 0) is 42.5 Å². The van der Waals surface area contributed by atoms with Gasteiger partial charge in [-0.1, -0.05) is 12.1 Å². The predicted molar refractivity (Wildman–Crippen MR) is 106 cm³/mol. The third kappa shape index (κ3) is 3.74. The van der Waals surface area contributed by atoms with Crippen LogP contribution in [0.5, 0.6) is 5.75 Å². The third-order valence-corrected chi connectivity index (χ3v) is 5.92. The number of nitro groups is 1. The predicted octanol–water partition coefficient (Wildman–Crippen LogP) is 2.34. The Hall–Kier alpha value is -3.16. The lowest BCUT2D eigenvalue weighted by atomic mass is 9.83. The van der Waals surface area contributed by atoms with Crippen molar-refractivity contribution < 1.29 is 14.5 Å². The van der Waals surface area contributed by atoms with Crippen LogP contribution in [0.15, 0.2) is 41.2 Å². The third-order valence-electron chi connectivity index (χ3n) is 5.92. The molecular weight excluding hydrogens is 374 g/mol. The molecule has 29 heavy (non-hydrogen) atoms. The first kappa shape index (κ1) is 19.2. The summed E-state index contributed by atoms with van der Waals surface area (Å²) < 4.78 is 6.69. The zero-order chi connectivity index (χ0) is 20.5. The standard InChI is InChI=1S/C21H23N3O5/c1-29-17-5-2-14(3-6-17)4-9-20(25)22-11-15-10-16(13-22)18-7-8-19(24(27)28)21(26)23(18)12-15/h2-3,5-8,15-16H,4,9-13H2,1H3/t15-,16-/m1/s1. The molecule has 0 aliphatic carbocycles. The van der Waals surface area contributed by atoms with Crippen LogP contribution in [0, 0.1) is 16.0 Å². The summed E-state index contributed by atoms with van der Waals surface area (Å²) in [6.45, 7) is 1.57. The number of hydrogen-bond donors (Lipinski definition) is 0. The van der Waals surface area contributed by atoms with Gasteiger partial charge >= 0.3 is 11.2 Å². The van der Waals surface area contributed by atoms with E-state index in [2.05, 4.69) is 0 Å². The van der Waals surface area contributed by atoms with Crippen molar-refractivity contribution in [3.8, 4) is 5.75 Å². The van der Waals surface area contributed by atoms with E-state index in [0.717, 1.165) is 23.4 Å². The quantitative estimate of drug-likeness (QED) is 0.570. The van der Waals surface area contributed by atoms with Crippen molar-refractivity contribution in [2.75, 3.05) is 20.2 Å². The number of carbonyl (C=O) groups is 1. The highest BCUT2D eigenvalue weighted by molar-refractivity contribution is 5.76. The number of fused-ring (bicyclic) bond motifs is 4. The fraction of sp³-hybridized carbons (Fsp3) is 0.429. The fourth-order valence-electron chi connectivity index (χ4n) is 4.48. The van der Waals surface area contributed by atoms with Crippen LogP contribution in [0.3, 0.4) is 0 Å². The van der Waals surface area contributed by atoms with Crippen LogP contribution in [-0.4, -0.2) is 40.5 Å². The maximum Gasteiger partial charge on any atom is 0.334 e. The number of methoxy groups -OCH3 is 1. The minimum atomic E-state index is -0.630. The largest absolute Gasteiger partial charge is 0.497 e. The van der Waals surface area contributed by atoms with Gasteiger partial charge in [-0.15, -0.1) is 0 Å². The Balaban J connectivity index is 1.45. The van der Waals surface area contributed by atoms with Crippen molar-refractivity contribution in [2.45, 2.75) is 31.7 Å². The number of aryl methyl sites for hydroxylation is 1. The van der Waals surface area contributed by atoms with Crippen molar-refractivity contribution in [1.29, 1.82) is 0 Å². The van der Waals surface area contributed by atoms with E-state index in [-0.39, 0.29) is 23.4 Å². The lowest BCUT2D eigenvalue weighted by molar-refractivity contribution is -0.386. The highest BCUT2D eigenvalue weighted by atomic mass is 16.6. The van der Waals surface area contributed by atoms with Gasteiger partial charge in [0.15, 0.2) is 0 Å². The zero-order valence-corrected chi connectivity index (χ0v) is 16.2. The van der Waals surface area contributed by atoms with Gasteiger partial charge in [0.1, 0.15) is 5.75 Å². The number of hydrogen-bond acceptors (Lipinski definition) is 5. The summed E-state index contributed by atoms with van der Waals surface area (Å²) in [6.07, 6.45) is 2.00. The molecule has 2 aliphatic rings. The van der Waals surface area contributed by atoms with Gasteiger partial charge in [-0.3, -0.25) is 19.7 Å². The summed E-state index contributed by atoms with van der Waals surface area (Å²) in [5, 5.41) is 11.1. The van der Waals surface area contributed by atoms with Crippen LogP contribution in [0.4, 0.5) is 5.69 Å². The molecule has 0 saturated carbocycles. The molecule has 0 N–H and O–H groups in total. The minimum absolute atomic E-state index is 0.0425. The van der Waals surface area contributed by atoms with E-state index in [9.17, 15) is 19.7 Å². The van der Waals surface area contributed by atoms with Crippen LogP contribution < -0.4 is 10.3 Å². The molecule has 4 rings (SSSR count). The fourth-order valence-corrected chi connectivity index (χ4v) is 4.48. The molecule has 0 spiro atoms. The summed E-state index contributed by atoms with van der Waals surface area (Å²) >= 11 is 0. The van der Waals surface area contributed by atoms with Crippen LogP contribution in [-0.2, 0) is 17.8 Å². The second kappa shape index (κ2) is 7.69. The Morgan fingerprint density at radius 3 is 2.62 bits per heavy atom. The number of rotatable bonds is 5. The molecule has 2 aromatic rings. The molecule has 1 fully saturated rings. The number of ether oxygens (including phenoxy) is 1. The zero-order valence-electron chi connectivity index (χ0n) is 16.2. The first-order chi connectivity index (χ1) is 14.0. The average Bonchev–Trinajstić information content (AvgIpc) is 2.72. The van der Waals surface area contributed by atoms with Gasteiger partial charge in [0.2, 0.25) is 5.91 Å². The molecule has 1 aromatic heterocycles. The Kier molecular flexibility index (Phi) is 5.08. The summed E-state index contributed by atoms with van der Waals surface area (Å²) in [4.78, 5) is 37.5. The Morgan fingerprint density at radius 2 is 1.93 bits per heavy atom. The second-order valence-electron chi connectivity index (χ2n) is 7.76. The number of piperidine rings is 1. The smallest absolute Gasteiger partial charge is 0.334 e. The highest BCUT2D eigenvalue weighted by Crippen LogP contribution is 2.35. The molecule has 0 radical (unpaired) electrons. The number of carbonyl (C=O) groups excluding carboxylic acids is 1. The van der Waals surface area contributed by atoms with Gasteiger partial charge in [0.25, 0.3) is 0 Å². The van der Waals surface area contributed by atoms with Crippen molar-refractivity contribution in [1.82, 2.24) is 9.47 Å². The van der Waals surface area contributed by atoms with Crippen LogP contribution in [0.25, 0.3) is 0 Å².